The Morgan fingerprint density at radius 3 is 1.44 bits per heavy atom. The summed E-state index contributed by atoms with van der Waals surface area (Å²) in [7, 11) is 0. The molecule has 8 heteroatoms. The maximum absolute atomic E-state index is 11.0. The number of ether oxygens (including phenoxy) is 2. The summed E-state index contributed by atoms with van der Waals surface area (Å²) >= 11 is 0. The summed E-state index contributed by atoms with van der Waals surface area (Å²) in [5.41, 5.74) is 0. The third-order valence-corrected chi connectivity index (χ3v) is 1.60. The molecule has 0 aliphatic heterocycles. The van der Waals surface area contributed by atoms with Crippen LogP contribution in [0.1, 0.15) is 12.8 Å². The lowest BCUT2D eigenvalue weighted by Crippen LogP contribution is -2.12. The van der Waals surface area contributed by atoms with E-state index in [0.717, 1.165) is 12.2 Å². The van der Waals surface area contributed by atoms with Crippen molar-refractivity contribution in [2.75, 3.05) is 13.2 Å². The number of rotatable bonds is 8. The first-order valence-electron chi connectivity index (χ1n) is 5.15. The number of aliphatic hydroxyl groups is 4. The lowest BCUT2D eigenvalue weighted by Gasteiger charge is -2.04. The monoisotopic (exact) mass is 264 g/mol. The van der Waals surface area contributed by atoms with E-state index in [-0.39, 0.29) is 26.1 Å². The number of esters is 2. The van der Waals surface area contributed by atoms with E-state index in [2.05, 4.69) is 9.47 Å². The molecule has 0 atom stereocenters. The molecule has 0 radical (unpaired) electrons. The van der Waals surface area contributed by atoms with Crippen LogP contribution in [-0.4, -0.2) is 58.2 Å². The highest BCUT2D eigenvalue weighted by Gasteiger charge is 2.04. The van der Waals surface area contributed by atoms with E-state index in [9.17, 15) is 9.59 Å². The molecule has 0 saturated heterocycles. The first kappa shape index (κ1) is 16.5. The Morgan fingerprint density at radius 1 is 0.833 bits per heavy atom. The zero-order valence-electron chi connectivity index (χ0n) is 9.56. The molecule has 18 heavy (non-hydrogen) atoms. The molecule has 0 bridgehead atoms. The van der Waals surface area contributed by atoms with Crippen molar-refractivity contribution >= 4 is 11.9 Å². The van der Waals surface area contributed by atoms with Crippen molar-refractivity contribution in [3.05, 3.63) is 12.2 Å². The number of hydrogen-bond donors (Lipinski definition) is 4. The fourth-order valence-corrected chi connectivity index (χ4v) is 0.762. The average molecular weight is 264 g/mol. The van der Waals surface area contributed by atoms with Crippen LogP contribution < -0.4 is 0 Å². The van der Waals surface area contributed by atoms with E-state index in [4.69, 9.17) is 20.4 Å². The predicted octanol–water partition coefficient (Wildman–Crippen LogP) is -1.97. The van der Waals surface area contributed by atoms with Gasteiger partial charge in [0.05, 0.1) is 13.2 Å². The highest BCUT2D eigenvalue weighted by Crippen LogP contribution is 1.92. The van der Waals surface area contributed by atoms with E-state index in [1.165, 1.54) is 0 Å². The second-order valence-electron chi connectivity index (χ2n) is 3.21. The van der Waals surface area contributed by atoms with Gasteiger partial charge in [0, 0.05) is 25.0 Å². The van der Waals surface area contributed by atoms with Gasteiger partial charge in [-0.3, -0.25) is 0 Å². The predicted molar refractivity (Wildman–Crippen MR) is 56.7 cm³/mol. The van der Waals surface area contributed by atoms with Crippen LogP contribution in [0.3, 0.4) is 0 Å². The molecule has 0 spiro atoms. The Bertz CT molecular complexity index is 256. The van der Waals surface area contributed by atoms with Gasteiger partial charge in [0.15, 0.2) is 12.6 Å². The van der Waals surface area contributed by atoms with Crippen LogP contribution in [0.2, 0.25) is 0 Å². The number of carbonyl (C=O) groups is 2. The lowest BCUT2D eigenvalue weighted by molar-refractivity contribution is -0.143. The lowest BCUT2D eigenvalue weighted by atomic mass is 10.4. The highest BCUT2D eigenvalue weighted by atomic mass is 16.5. The Morgan fingerprint density at radius 2 is 1.17 bits per heavy atom. The van der Waals surface area contributed by atoms with Crippen molar-refractivity contribution in [3.8, 4) is 0 Å². The standard InChI is InChI=1S/C10H16O8/c11-7(12)3-5-17-9(15)1-2-10(16)18-6-4-8(13)14/h1-2,7-8,11-14H,3-6H2/b2-1-. The Balaban J connectivity index is 3.71. The maximum atomic E-state index is 11.0. The van der Waals surface area contributed by atoms with Crippen molar-refractivity contribution in [1.29, 1.82) is 0 Å². The largest absolute Gasteiger partial charge is 0.462 e. The molecule has 0 aromatic heterocycles. The van der Waals surface area contributed by atoms with E-state index >= 15 is 0 Å². The van der Waals surface area contributed by atoms with Gasteiger partial charge < -0.3 is 29.9 Å². The molecule has 0 fully saturated rings. The minimum absolute atomic E-state index is 0.127. The fourth-order valence-electron chi connectivity index (χ4n) is 0.762. The van der Waals surface area contributed by atoms with Crippen molar-refractivity contribution in [3.63, 3.8) is 0 Å². The molecule has 104 valence electrons. The van der Waals surface area contributed by atoms with Gasteiger partial charge in [-0.05, 0) is 0 Å². The summed E-state index contributed by atoms with van der Waals surface area (Å²) in [6, 6.07) is 0. The van der Waals surface area contributed by atoms with E-state index < -0.39 is 24.5 Å². The van der Waals surface area contributed by atoms with Crippen LogP contribution in [0.4, 0.5) is 0 Å². The zero-order chi connectivity index (χ0) is 14.0. The molecule has 0 aliphatic rings. The fraction of sp³-hybridized carbons (Fsp3) is 0.600. The van der Waals surface area contributed by atoms with Crippen molar-refractivity contribution in [2.24, 2.45) is 0 Å². The van der Waals surface area contributed by atoms with Crippen LogP contribution in [0, 0.1) is 0 Å². The molecule has 0 heterocycles. The van der Waals surface area contributed by atoms with E-state index in [1.54, 1.807) is 0 Å². The Labute approximate surface area is 103 Å². The highest BCUT2D eigenvalue weighted by molar-refractivity contribution is 5.91. The molecule has 0 saturated carbocycles. The summed E-state index contributed by atoms with van der Waals surface area (Å²) in [6.45, 7) is -0.376. The Kier molecular flexibility index (Phi) is 8.76. The summed E-state index contributed by atoms with van der Waals surface area (Å²) in [5.74, 6) is -1.65. The molecule has 0 aromatic rings. The molecule has 4 N–H and O–H groups in total. The van der Waals surface area contributed by atoms with Crippen molar-refractivity contribution in [1.82, 2.24) is 0 Å². The topological polar surface area (TPSA) is 134 Å². The first-order chi connectivity index (χ1) is 8.41. The van der Waals surface area contributed by atoms with Gasteiger partial charge in [-0.15, -0.1) is 0 Å². The van der Waals surface area contributed by atoms with Crippen LogP contribution in [0.25, 0.3) is 0 Å². The average Bonchev–Trinajstić information content (AvgIpc) is 2.25. The number of aliphatic hydroxyl groups excluding tert-OH is 2. The van der Waals surface area contributed by atoms with Gasteiger partial charge in [-0.1, -0.05) is 0 Å². The normalized spacial score (nSPS) is 11.2. The van der Waals surface area contributed by atoms with Gasteiger partial charge in [0.25, 0.3) is 0 Å². The summed E-state index contributed by atoms with van der Waals surface area (Å²) < 4.78 is 9.02. The van der Waals surface area contributed by atoms with Gasteiger partial charge in [0.2, 0.25) is 0 Å². The molecule has 8 nitrogen and oxygen atoms in total. The summed E-state index contributed by atoms with van der Waals surface area (Å²) in [6.07, 6.45) is -1.73. The number of carbonyl (C=O) groups excluding carboxylic acids is 2. The molecular formula is C10H16O8. The third-order valence-electron chi connectivity index (χ3n) is 1.60. The number of hydrogen-bond acceptors (Lipinski definition) is 8. The second-order valence-corrected chi connectivity index (χ2v) is 3.21. The maximum Gasteiger partial charge on any atom is 0.331 e. The van der Waals surface area contributed by atoms with Crippen molar-refractivity contribution in [2.45, 2.75) is 25.4 Å². The molecule has 0 aliphatic carbocycles. The minimum atomic E-state index is -1.56. The third kappa shape index (κ3) is 11.0. The van der Waals surface area contributed by atoms with Crippen LogP contribution in [0.5, 0.6) is 0 Å². The molecule has 0 aromatic carbocycles. The summed E-state index contributed by atoms with van der Waals surface area (Å²) in [5, 5.41) is 33.8. The van der Waals surface area contributed by atoms with Gasteiger partial charge in [0.1, 0.15) is 0 Å². The molecule has 0 unspecified atom stereocenters. The molecular weight excluding hydrogens is 248 g/mol. The van der Waals surface area contributed by atoms with Gasteiger partial charge in [-0.2, -0.15) is 0 Å². The van der Waals surface area contributed by atoms with E-state index in [1.807, 2.05) is 0 Å². The van der Waals surface area contributed by atoms with Crippen molar-refractivity contribution < 1.29 is 39.5 Å². The Hall–Kier alpha value is -1.48. The molecule has 0 amide bonds. The van der Waals surface area contributed by atoms with E-state index in [0.29, 0.717) is 0 Å². The second kappa shape index (κ2) is 9.54. The van der Waals surface area contributed by atoms with Gasteiger partial charge in [-0.25, -0.2) is 9.59 Å². The first-order valence-corrected chi connectivity index (χ1v) is 5.15. The smallest absolute Gasteiger partial charge is 0.331 e. The quantitative estimate of drug-likeness (QED) is 0.225. The van der Waals surface area contributed by atoms with Crippen LogP contribution >= 0.6 is 0 Å². The summed E-state index contributed by atoms with van der Waals surface area (Å²) in [4.78, 5) is 21.9. The van der Waals surface area contributed by atoms with Crippen LogP contribution in [-0.2, 0) is 19.1 Å². The van der Waals surface area contributed by atoms with Crippen LogP contribution in [0.15, 0.2) is 12.2 Å². The SMILES string of the molecule is O=C(/C=C\C(=O)OCCC(O)O)OCCC(O)O. The minimum Gasteiger partial charge on any atom is -0.462 e. The zero-order valence-corrected chi connectivity index (χ0v) is 9.56. The molecule has 0 rings (SSSR count). The van der Waals surface area contributed by atoms with Gasteiger partial charge >= 0.3 is 11.9 Å².